The highest BCUT2D eigenvalue weighted by Gasteiger charge is 2.16. The van der Waals surface area contributed by atoms with E-state index < -0.39 is 5.91 Å². The molecule has 2 aromatic heterocycles. The lowest BCUT2D eigenvalue weighted by Gasteiger charge is -2.17. The van der Waals surface area contributed by atoms with Crippen molar-refractivity contribution in [3.8, 4) is 5.69 Å². The second kappa shape index (κ2) is 9.08. The number of nitrogens with one attached hydrogen (secondary N) is 1. The molecule has 0 fully saturated rings. The van der Waals surface area contributed by atoms with Gasteiger partial charge in [-0.25, -0.2) is 5.43 Å². The van der Waals surface area contributed by atoms with Gasteiger partial charge < -0.3 is 8.98 Å². The molecule has 5 nitrogen and oxygen atoms in total. The number of para-hydroxylation sites is 1. The number of hydrogen-bond acceptors (Lipinski definition) is 3. The average molecular weight is 557 g/mol. The number of carbonyl (C=O) groups excluding carboxylic acids is 1. The summed E-state index contributed by atoms with van der Waals surface area (Å²) >= 11 is 6.90. The first-order chi connectivity index (χ1) is 15.3. The van der Waals surface area contributed by atoms with E-state index in [9.17, 15) is 4.79 Å². The minimum Gasteiger partial charge on any atom is -0.450 e. The van der Waals surface area contributed by atoms with E-state index in [1.54, 1.807) is 12.3 Å². The summed E-state index contributed by atoms with van der Waals surface area (Å²) in [6.45, 7) is 8.45. The molecule has 0 bridgehead atoms. The number of fused-ring (bicyclic) bond motifs is 1. The fourth-order valence-corrected chi connectivity index (χ4v) is 5.33. The minimum atomic E-state index is -0.401. The molecule has 7 heteroatoms. The van der Waals surface area contributed by atoms with Crippen LogP contribution in [0.3, 0.4) is 0 Å². The molecule has 4 aromatic rings. The van der Waals surface area contributed by atoms with Crippen molar-refractivity contribution in [2.24, 2.45) is 5.10 Å². The van der Waals surface area contributed by atoms with Crippen LogP contribution in [0.5, 0.6) is 0 Å². The average Bonchev–Trinajstić information content (AvgIpc) is 3.29. The van der Waals surface area contributed by atoms with Gasteiger partial charge in [-0.05, 0) is 78.5 Å². The molecular weight excluding hydrogens is 534 g/mol. The van der Waals surface area contributed by atoms with E-state index in [2.05, 4.69) is 98.9 Å². The van der Waals surface area contributed by atoms with Gasteiger partial charge in [0.05, 0.1) is 16.4 Å². The Morgan fingerprint density at radius 2 is 1.94 bits per heavy atom. The largest absolute Gasteiger partial charge is 0.450 e. The fraction of sp³-hybridized carbons (Fsp3) is 0.200. The Kier molecular flexibility index (Phi) is 6.40. The van der Waals surface area contributed by atoms with E-state index in [4.69, 9.17) is 4.42 Å². The van der Waals surface area contributed by atoms with Crippen LogP contribution in [0.4, 0.5) is 0 Å². The van der Waals surface area contributed by atoms with Gasteiger partial charge in [0, 0.05) is 26.8 Å². The fourth-order valence-electron chi connectivity index (χ4n) is 3.99. The molecule has 164 valence electrons. The molecule has 0 saturated carbocycles. The highest BCUT2D eigenvalue weighted by Crippen LogP contribution is 2.31. The van der Waals surface area contributed by atoms with Crippen LogP contribution in [-0.4, -0.2) is 16.7 Å². The maximum absolute atomic E-state index is 12.6. The summed E-state index contributed by atoms with van der Waals surface area (Å²) in [6, 6.07) is 13.9. The number of benzene rings is 2. The van der Waals surface area contributed by atoms with Crippen LogP contribution in [0.15, 0.2) is 60.9 Å². The highest BCUT2D eigenvalue weighted by atomic mass is 79.9. The molecule has 0 aliphatic rings. The lowest BCUT2D eigenvalue weighted by Crippen LogP contribution is -2.16. The molecule has 2 heterocycles. The summed E-state index contributed by atoms with van der Waals surface area (Å²) in [4.78, 5) is 12.6. The zero-order valence-electron chi connectivity index (χ0n) is 18.3. The van der Waals surface area contributed by atoms with Crippen molar-refractivity contribution >= 4 is 55.0 Å². The summed E-state index contributed by atoms with van der Waals surface area (Å²) in [5, 5.41) is 5.01. The molecule has 0 saturated heterocycles. The maximum Gasteiger partial charge on any atom is 0.307 e. The van der Waals surface area contributed by atoms with Crippen molar-refractivity contribution in [1.82, 2.24) is 9.99 Å². The van der Waals surface area contributed by atoms with Crippen LogP contribution in [0.25, 0.3) is 16.7 Å². The van der Waals surface area contributed by atoms with Crippen LogP contribution >= 0.6 is 31.9 Å². The van der Waals surface area contributed by atoms with Gasteiger partial charge in [-0.2, -0.15) is 5.10 Å². The number of hydrazone groups is 1. The van der Waals surface area contributed by atoms with Gasteiger partial charge in [0.15, 0.2) is 5.76 Å². The SMILES string of the molecule is CCc1cccc(C)c1-n1c(C)cc(/C=N\NC(=O)c2cc3cc(Br)cc(Br)c3o2)c1C. The zero-order valence-corrected chi connectivity index (χ0v) is 21.5. The number of aryl methyl sites for hydroxylation is 3. The van der Waals surface area contributed by atoms with Crippen LogP contribution in [0.2, 0.25) is 0 Å². The molecule has 0 spiro atoms. The Balaban J connectivity index is 1.58. The number of amides is 1. The monoisotopic (exact) mass is 555 g/mol. The Morgan fingerprint density at radius 3 is 2.69 bits per heavy atom. The zero-order chi connectivity index (χ0) is 23.0. The smallest absolute Gasteiger partial charge is 0.307 e. The number of nitrogens with zero attached hydrogens (tertiary/aromatic N) is 2. The minimum absolute atomic E-state index is 0.203. The van der Waals surface area contributed by atoms with Gasteiger partial charge >= 0.3 is 5.91 Å². The van der Waals surface area contributed by atoms with E-state index >= 15 is 0 Å². The first-order valence-electron chi connectivity index (χ1n) is 10.3. The number of halogens is 2. The van der Waals surface area contributed by atoms with Crippen LogP contribution < -0.4 is 5.43 Å². The molecule has 0 atom stereocenters. The van der Waals surface area contributed by atoms with E-state index in [-0.39, 0.29) is 5.76 Å². The summed E-state index contributed by atoms with van der Waals surface area (Å²) in [6.07, 6.45) is 2.63. The van der Waals surface area contributed by atoms with Gasteiger partial charge in [0.1, 0.15) is 5.58 Å². The third kappa shape index (κ3) is 4.19. The Bertz CT molecular complexity index is 1370. The number of rotatable bonds is 5. The normalized spacial score (nSPS) is 11.6. The first kappa shape index (κ1) is 22.6. The van der Waals surface area contributed by atoms with Gasteiger partial charge in [-0.15, -0.1) is 0 Å². The second-order valence-electron chi connectivity index (χ2n) is 7.71. The van der Waals surface area contributed by atoms with E-state index in [1.807, 2.05) is 12.1 Å². The molecule has 0 radical (unpaired) electrons. The Hall–Kier alpha value is -2.64. The molecule has 0 unspecified atom stereocenters. The van der Waals surface area contributed by atoms with E-state index in [0.717, 1.165) is 37.7 Å². The lowest BCUT2D eigenvalue weighted by molar-refractivity contribution is 0.0929. The van der Waals surface area contributed by atoms with Crippen molar-refractivity contribution in [3.63, 3.8) is 0 Å². The Morgan fingerprint density at radius 1 is 1.16 bits per heavy atom. The predicted molar refractivity (Wildman–Crippen MR) is 136 cm³/mol. The van der Waals surface area contributed by atoms with Crippen LogP contribution in [0.1, 0.15) is 45.6 Å². The second-order valence-corrected chi connectivity index (χ2v) is 9.48. The molecule has 4 rings (SSSR count). The third-order valence-electron chi connectivity index (χ3n) is 5.53. The van der Waals surface area contributed by atoms with E-state index in [0.29, 0.717) is 5.58 Å². The van der Waals surface area contributed by atoms with Crippen molar-refractivity contribution in [1.29, 1.82) is 0 Å². The quantitative estimate of drug-likeness (QED) is 0.212. The van der Waals surface area contributed by atoms with Crippen molar-refractivity contribution < 1.29 is 9.21 Å². The van der Waals surface area contributed by atoms with Gasteiger partial charge in [0.2, 0.25) is 0 Å². The maximum atomic E-state index is 12.6. The Labute approximate surface area is 203 Å². The van der Waals surface area contributed by atoms with Gasteiger partial charge in [-0.3, -0.25) is 4.79 Å². The van der Waals surface area contributed by atoms with Gasteiger partial charge in [-0.1, -0.05) is 41.1 Å². The number of carbonyl (C=O) groups is 1. The van der Waals surface area contributed by atoms with Crippen molar-refractivity contribution in [3.05, 3.63) is 85.2 Å². The highest BCUT2D eigenvalue weighted by molar-refractivity contribution is 9.11. The van der Waals surface area contributed by atoms with Crippen molar-refractivity contribution in [2.75, 3.05) is 0 Å². The first-order valence-corrected chi connectivity index (χ1v) is 11.9. The lowest BCUT2D eigenvalue weighted by atomic mass is 10.1. The summed E-state index contributed by atoms with van der Waals surface area (Å²) in [7, 11) is 0. The topological polar surface area (TPSA) is 59.5 Å². The predicted octanol–water partition coefficient (Wildman–Crippen LogP) is 7.00. The molecule has 32 heavy (non-hydrogen) atoms. The molecule has 1 N–H and O–H groups in total. The standard InChI is InChI=1S/C25H23Br2N3O2/c1-5-17-8-6-7-14(2)23(17)30-15(3)9-19(16(30)4)13-28-29-25(31)22-11-18-10-20(26)12-21(27)24(18)32-22/h6-13H,5H2,1-4H3,(H,29,31)/b28-13-. The molecule has 0 aliphatic carbocycles. The van der Waals surface area contributed by atoms with Crippen LogP contribution in [-0.2, 0) is 6.42 Å². The molecular formula is C25H23Br2N3O2. The van der Waals surface area contributed by atoms with Crippen molar-refractivity contribution in [2.45, 2.75) is 34.1 Å². The molecule has 1 amide bonds. The third-order valence-corrected chi connectivity index (χ3v) is 6.57. The number of furan rings is 1. The van der Waals surface area contributed by atoms with E-state index in [1.165, 1.54) is 16.8 Å². The summed E-state index contributed by atoms with van der Waals surface area (Å²) in [5.41, 5.74) is 10.1. The van der Waals surface area contributed by atoms with Crippen LogP contribution in [0, 0.1) is 20.8 Å². The summed E-state index contributed by atoms with van der Waals surface area (Å²) in [5.74, 6) is -0.199. The number of aromatic nitrogens is 1. The molecule has 0 aliphatic heterocycles. The summed E-state index contributed by atoms with van der Waals surface area (Å²) < 4.78 is 9.64. The van der Waals surface area contributed by atoms with Gasteiger partial charge in [0.25, 0.3) is 0 Å². The number of hydrogen-bond donors (Lipinski definition) is 1. The molecule has 2 aromatic carbocycles.